The van der Waals surface area contributed by atoms with Gasteiger partial charge in [0, 0.05) is 28.3 Å². The van der Waals surface area contributed by atoms with E-state index in [2.05, 4.69) is 35.7 Å². The van der Waals surface area contributed by atoms with E-state index >= 15 is 0 Å². The van der Waals surface area contributed by atoms with Crippen molar-refractivity contribution in [3.05, 3.63) is 57.9 Å². The topological polar surface area (TPSA) is 89.8 Å². The second-order valence-electron chi connectivity index (χ2n) is 6.81. The molecule has 0 radical (unpaired) electrons. The second kappa shape index (κ2) is 7.21. The Morgan fingerprint density at radius 3 is 2.41 bits per heavy atom. The summed E-state index contributed by atoms with van der Waals surface area (Å²) in [5, 5.41) is 4.60. The van der Waals surface area contributed by atoms with Gasteiger partial charge in [-0.2, -0.15) is 9.78 Å². The molecule has 7 nitrogen and oxygen atoms in total. The highest BCUT2D eigenvalue weighted by molar-refractivity contribution is 9.10. The molecule has 0 unspecified atom stereocenters. The van der Waals surface area contributed by atoms with Crippen molar-refractivity contribution in [3.63, 3.8) is 0 Å². The number of anilines is 1. The van der Waals surface area contributed by atoms with Crippen molar-refractivity contribution in [1.29, 1.82) is 0 Å². The maximum absolute atomic E-state index is 12.9. The molecule has 0 atom stereocenters. The molecular formula is C17H17BrClN5O2S. The summed E-state index contributed by atoms with van der Waals surface area (Å²) >= 11 is 9.39. The van der Waals surface area contributed by atoms with E-state index in [1.807, 2.05) is 20.8 Å². The van der Waals surface area contributed by atoms with E-state index in [1.165, 1.54) is 16.8 Å². The lowest BCUT2D eigenvalue weighted by Crippen LogP contribution is -2.17. The zero-order valence-electron chi connectivity index (χ0n) is 14.8. The van der Waals surface area contributed by atoms with Gasteiger partial charge in [0.25, 0.3) is 16.0 Å². The zero-order valence-corrected chi connectivity index (χ0v) is 18.0. The summed E-state index contributed by atoms with van der Waals surface area (Å²) in [5.74, 6) is 0.484. The first-order chi connectivity index (χ1) is 12.6. The second-order valence-corrected chi connectivity index (χ2v) is 9.78. The average Bonchev–Trinajstić information content (AvgIpc) is 2.98. The number of hydrogen-bond donors (Lipinski definition) is 1. The van der Waals surface area contributed by atoms with Crippen molar-refractivity contribution < 1.29 is 8.42 Å². The molecular weight excluding hydrogens is 454 g/mol. The summed E-state index contributed by atoms with van der Waals surface area (Å²) in [6.07, 6.45) is 3.12. The van der Waals surface area contributed by atoms with Gasteiger partial charge in [0.05, 0.1) is 10.7 Å². The first-order valence-electron chi connectivity index (χ1n) is 7.94. The third kappa shape index (κ3) is 4.31. The lowest BCUT2D eigenvalue weighted by atomic mass is 9.92. The molecule has 27 heavy (non-hydrogen) atoms. The number of aromatic nitrogens is 4. The maximum atomic E-state index is 12.9. The largest absolute Gasteiger partial charge is 0.264 e. The minimum absolute atomic E-state index is 0.0357. The molecule has 142 valence electrons. The Morgan fingerprint density at radius 2 is 1.81 bits per heavy atom. The molecule has 1 N–H and O–H groups in total. The van der Waals surface area contributed by atoms with Crippen LogP contribution in [0.3, 0.4) is 0 Å². The van der Waals surface area contributed by atoms with Gasteiger partial charge < -0.3 is 0 Å². The number of nitrogens with zero attached hydrogens (tertiary/aromatic N) is 4. The fourth-order valence-corrected chi connectivity index (χ4v) is 4.33. The molecule has 0 aliphatic carbocycles. The van der Waals surface area contributed by atoms with Crippen LogP contribution in [-0.4, -0.2) is 28.2 Å². The van der Waals surface area contributed by atoms with Gasteiger partial charge in [-0.3, -0.25) is 4.72 Å². The van der Waals surface area contributed by atoms with Crippen molar-refractivity contribution in [2.75, 3.05) is 4.72 Å². The van der Waals surface area contributed by atoms with Crippen molar-refractivity contribution >= 4 is 43.4 Å². The predicted octanol–water partition coefficient (Wildman–Crippen LogP) is 4.18. The molecule has 2 aromatic heterocycles. The molecule has 1 aromatic carbocycles. The number of nitrogens with one attached hydrogen (secondary N) is 1. The number of halogens is 2. The summed E-state index contributed by atoms with van der Waals surface area (Å²) in [6, 6.07) is 7.90. The van der Waals surface area contributed by atoms with Crippen LogP contribution in [0.4, 0.5) is 5.82 Å². The van der Waals surface area contributed by atoms with Crippen molar-refractivity contribution in [3.8, 4) is 5.95 Å². The maximum Gasteiger partial charge on any atom is 0.264 e. The molecule has 0 aliphatic heterocycles. The summed E-state index contributed by atoms with van der Waals surface area (Å²) in [7, 11) is -3.94. The van der Waals surface area contributed by atoms with Gasteiger partial charge in [0.15, 0.2) is 0 Å². The third-order valence-corrected chi connectivity index (χ3v) is 5.97. The van der Waals surface area contributed by atoms with Crippen LogP contribution in [0.25, 0.3) is 5.95 Å². The van der Waals surface area contributed by atoms with Gasteiger partial charge in [0.1, 0.15) is 10.7 Å². The van der Waals surface area contributed by atoms with Gasteiger partial charge in [-0.15, -0.1) is 0 Å². The van der Waals surface area contributed by atoms with Crippen LogP contribution in [0.15, 0.2) is 52.1 Å². The van der Waals surface area contributed by atoms with Crippen molar-refractivity contribution in [2.45, 2.75) is 31.1 Å². The molecule has 0 amide bonds. The van der Waals surface area contributed by atoms with Crippen LogP contribution in [-0.2, 0) is 15.4 Å². The van der Waals surface area contributed by atoms with Crippen LogP contribution in [0.5, 0.6) is 0 Å². The predicted molar refractivity (Wildman–Crippen MR) is 108 cm³/mol. The molecule has 0 aliphatic rings. The van der Waals surface area contributed by atoms with Crippen LogP contribution in [0.2, 0.25) is 5.02 Å². The van der Waals surface area contributed by atoms with E-state index < -0.39 is 10.0 Å². The summed E-state index contributed by atoms with van der Waals surface area (Å²) in [6.45, 7) is 5.94. The molecule has 3 rings (SSSR count). The van der Waals surface area contributed by atoms with Gasteiger partial charge in [-0.1, -0.05) is 48.3 Å². The summed E-state index contributed by atoms with van der Waals surface area (Å²) in [5.41, 5.74) is 0.393. The number of sulfonamides is 1. The van der Waals surface area contributed by atoms with Crippen LogP contribution < -0.4 is 4.72 Å². The highest BCUT2D eigenvalue weighted by Crippen LogP contribution is 2.29. The molecule has 0 spiro atoms. The Bertz CT molecular complexity index is 1080. The Hall–Kier alpha value is -1.97. The van der Waals surface area contributed by atoms with Gasteiger partial charge >= 0.3 is 0 Å². The Morgan fingerprint density at radius 1 is 1.15 bits per heavy atom. The Kier molecular flexibility index (Phi) is 5.29. The van der Waals surface area contributed by atoms with Gasteiger partial charge in [-0.25, -0.2) is 18.4 Å². The smallest absolute Gasteiger partial charge is 0.263 e. The lowest BCUT2D eigenvalue weighted by molar-refractivity contribution is 0.558. The highest BCUT2D eigenvalue weighted by atomic mass is 79.9. The minimum atomic E-state index is -3.94. The van der Waals surface area contributed by atoms with E-state index in [0.717, 1.165) is 0 Å². The van der Waals surface area contributed by atoms with Crippen molar-refractivity contribution in [1.82, 2.24) is 19.7 Å². The van der Waals surface area contributed by atoms with E-state index in [0.29, 0.717) is 10.2 Å². The first kappa shape index (κ1) is 19.8. The van der Waals surface area contributed by atoms with Crippen LogP contribution >= 0.6 is 27.5 Å². The quantitative estimate of drug-likeness (QED) is 0.618. The van der Waals surface area contributed by atoms with E-state index in [4.69, 9.17) is 11.6 Å². The molecule has 0 bridgehead atoms. The number of hydrogen-bond acceptors (Lipinski definition) is 5. The first-order valence-corrected chi connectivity index (χ1v) is 10.6. The highest BCUT2D eigenvalue weighted by Gasteiger charge is 2.25. The van der Waals surface area contributed by atoms with E-state index in [9.17, 15) is 8.42 Å². The monoisotopic (exact) mass is 469 g/mol. The molecule has 0 saturated carbocycles. The molecule has 0 fully saturated rings. The number of rotatable bonds is 4. The summed E-state index contributed by atoms with van der Waals surface area (Å²) < 4.78 is 30.4. The van der Waals surface area contributed by atoms with Crippen LogP contribution in [0, 0.1) is 0 Å². The SMILES string of the molecule is CC(C)(C)c1cc(NS(=O)(=O)c2ccc(Br)cc2Cl)n(-c2ncccn2)n1. The molecule has 0 saturated heterocycles. The Labute approximate surface area is 171 Å². The van der Waals surface area contributed by atoms with E-state index in [-0.39, 0.29) is 27.1 Å². The Balaban J connectivity index is 2.09. The standard InChI is InChI=1S/C17H17BrClN5O2S/c1-17(2,3)14-10-15(24(22-14)16-20-7-4-8-21-16)23-27(25,26)13-6-5-11(18)9-12(13)19/h4-10,23H,1-3H3. The molecule has 10 heteroatoms. The fourth-order valence-electron chi connectivity index (χ4n) is 2.26. The third-order valence-electron chi connectivity index (χ3n) is 3.64. The van der Waals surface area contributed by atoms with Crippen LogP contribution in [0.1, 0.15) is 26.5 Å². The number of benzene rings is 1. The summed E-state index contributed by atoms with van der Waals surface area (Å²) in [4.78, 5) is 8.28. The zero-order chi connectivity index (χ0) is 19.8. The lowest BCUT2D eigenvalue weighted by Gasteiger charge is -2.13. The van der Waals surface area contributed by atoms with E-state index in [1.54, 1.807) is 30.6 Å². The normalized spacial score (nSPS) is 12.2. The van der Waals surface area contributed by atoms with Gasteiger partial charge in [-0.05, 0) is 24.3 Å². The fraction of sp³-hybridized carbons (Fsp3) is 0.235. The van der Waals surface area contributed by atoms with Crippen molar-refractivity contribution in [2.24, 2.45) is 0 Å². The van der Waals surface area contributed by atoms with Gasteiger partial charge in [0.2, 0.25) is 0 Å². The molecule has 3 aromatic rings. The average molecular weight is 471 g/mol. The minimum Gasteiger partial charge on any atom is -0.263 e. The molecule has 2 heterocycles.